The first-order valence-electron chi connectivity index (χ1n) is 3.61. The van der Waals surface area contributed by atoms with Crippen LogP contribution in [0.5, 0.6) is 0 Å². The van der Waals surface area contributed by atoms with E-state index in [0.29, 0.717) is 0 Å². The Morgan fingerprint density at radius 3 is 2.50 bits per heavy atom. The van der Waals surface area contributed by atoms with Crippen LogP contribution in [0.25, 0.3) is 5.69 Å². The van der Waals surface area contributed by atoms with E-state index >= 15 is 0 Å². The van der Waals surface area contributed by atoms with E-state index in [1.807, 2.05) is 35.3 Å². The third kappa shape index (κ3) is 1.50. The number of benzene rings is 1. The van der Waals surface area contributed by atoms with E-state index in [4.69, 9.17) is 0 Å². The topological polar surface area (TPSA) is 17.8 Å². The minimum absolute atomic E-state index is 1.01. The lowest BCUT2D eigenvalue weighted by molar-refractivity contribution is 1.06. The summed E-state index contributed by atoms with van der Waals surface area (Å²) in [5, 5.41) is 0. The summed E-state index contributed by atoms with van der Waals surface area (Å²) < 4.78 is 3.01. The molecule has 60 valence electrons. The lowest BCUT2D eigenvalue weighted by Crippen LogP contribution is -1.87. The van der Waals surface area contributed by atoms with Gasteiger partial charge in [-0.3, -0.25) is 0 Å². The molecular formula is C9H7IN2. The SMILES string of the molecule is Ic1cn(-c2ccccc2)cn1. The van der Waals surface area contributed by atoms with Gasteiger partial charge in [-0.1, -0.05) is 18.2 Å². The van der Waals surface area contributed by atoms with Gasteiger partial charge >= 0.3 is 0 Å². The van der Waals surface area contributed by atoms with Gasteiger partial charge in [-0.2, -0.15) is 0 Å². The van der Waals surface area contributed by atoms with Gasteiger partial charge in [0.05, 0.1) is 0 Å². The molecule has 1 heterocycles. The number of nitrogens with zero attached hydrogens (tertiary/aromatic N) is 2. The van der Waals surface area contributed by atoms with Gasteiger partial charge in [-0.25, -0.2) is 4.98 Å². The molecule has 2 rings (SSSR count). The summed E-state index contributed by atoms with van der Waals surface area (Å²) in [5.74, 6) is 0. The summed E-state index contributed by atoms with van der Waals surface area (Å²) >= 11 is 2.20. The van der Waals surface area contributed by atoms with E-state index in [-0.39, 0.29) is 0 Å². The average molecular weight is 270 g/mol. The van der Waals surface area contributed by atoms with Crippen LogP contribution in [0.15, 0.2) is 42.9 Å². The number of aromatic nitrogens is 2. The Morgan fingerprint density at radius 2 is 1.92 bits per heavy atom. The van der Waals surface area contributed by atoms with Crippen LogP contribution in [0, 0.1) is 3.70 Å². The highest BCUT2D eigenvalue weighted by Crippen LogP contribution is 2.08. The second kappa shape index (κ2) is 3.26. The smallest absolute Gasteiger partial charge is 0.119 e. The van der Waals surface area contributed by atoms with Crippen LogP contribution in [-0.4, -0.2) is 9.55 Å². The highest BCUT2D eigenvalue weighted by Gasteiger charge is 1.95. The number of halogens is 1. The molecule has 0 saturated carbocycles. The van der Waals surface area contributed by atoms with Gasteiger partial charge < -0.3 is 4.57 Å². The summed E-state index contributed by atoms with van der Waals surface area (Å²) in [4.78, 5) is 4.14. The number of hydrogen-bond acceptors (Lipinski definition) is 1. The Kier molecular flexibility index (Phi) is 2.12. The third-order valence-electron chi connectivity index (χ3n) is 1.61. The fraction of sp³-hybridized carbons (Fsp3) is 0. The molecule has 1 aromatic heterocycles. The first-order chi connectivity index (χ1) is 5.86. The molecule has 2 nitrogen and oxygen atoms in total. The van der Waals surface area contributed by atoms with E-state index in [1.54, 1.807) is 0 Å². The standard InChI is InChI=1S/C9H7IN2/c10-9-6-12(7-11-9)8-4-2-1-3-5-8/h1-7H. The number of para-hydroxylation sites is 1. The maximum absolute atomic E-state index is 4.14. The zero-order valence-corrected chi connectivity index (χ0v) is 8.47. The molecule has 0 aliphatic carbocycles. The lowest BCUT2D eigenvalue weighted by atomic mass is 10.3. The molecule has 0 aliphatic rings. The zero-order chi connectivity index (χ0) is 8.39. The highest BCUT2D eigenvalue weighted by molar-refractivity contribution is 14.1. The Hall–Kier alpha value is -0.840. The predicted molar refractivity (Wildman–Crippen MR) is 56.3 cm³/mol. The second-order valence-corrected chi connectivity index (χ2v) is 3.54. The normalized spacial score (nSPS) is 10.1. The molecule has 0 amide bonds. The zero-order valence-electron chi connectivity index (χ0n) is 6.31. The fourth-order valence-corrected chi connectivity index (χ4v) is 1.46. The van der Waals surface area contributed by atoms with Gasteiger partial charge in [0.2, 0.25) is 0 Å². The first-order valence-corrected chi connectivity index (χ1v) is 4.69. The Labute approximate surface area is 84.4 Å². The van der Waals surface area contributed by atoms with E-state index in [9.17, 15) is 0 Å². The minimum Gasteiger partial charge on any atom is -0.305 e. The number of hydrogen-bond donors (Lipinski definition) is 0. The van der Waals surface area contributed by atoms with Crippen molar-refractivity contribution in [1.29, 1.82) is 0 Å². The van der Waals surface area contributed by atoms with Crippen molar-refractivity contribution in [2.24, 2.45) is 0 Å². The summed E-state index contributed by atoms with van der Waals surface area (Å²) in [5.41, 5.74) is 1.15. The van der Waals surface area contributed by atoms with Gasteiger partial charge in [0.1, 0.15) is 10.0 Å². The molecule has 0 atom stereocenters. The van der Waals surface area contributed by atoms with Gasteiger partial charge in [0, 0.05) is 11.9 Å². The maximum atomic E-state index is 4.14. The van der Waals surface area contributed by atoms with E-state index in [1.165, 1.54) is 0 Å². The molecule has 0 spiro atoms. The van der Waals surface area contributed by atoms with Crippen LogP contribution in [0.3, 0.4) is 0 Å². The molecule has 0 fully saturated rings. The summed E-state index contributed by atoms with van der Waals surface area (Å²) in [6.45, 7) is 0. The molecule has 0 unspecified atom stereocenters. The molecule has 3 heteroatoms. The van der Waals surface area contributed by atoms with Crippen LogP contribution < -0.4 is 0 Å². The Balaban J connectivity index is 2.45. The fourth-order valence-electron chi connectivity index (χ4n) is 1.04. The van der Waals surface area contributed by atoms with Crippen molar-refractivity contribution in [1.82, 2.24) is 9.55 Å². The minimum atomic E-state index is 1.01. The molecule has 0 aliphatic heterocycles. The van der Waals surface area contributed by atoms with Crippen molar-refractivity contribution in [2.75, 3.05) is 0 Å². The molecule has 0 N–H and O–H groups in total. The van der Waals surface area contributed by atoms with E-state index < -0.39 is 0 Å². The van der Waals surface area contributed by atoms with Crippen LogP contribution in [0.4, 0.5) is 0 Å². The predicted octanol–water partition coefficient (Wildman–Crippen LogP) is 2.48. The number of rotatable bonds is 1. The summed E-state index contributed by atoms with van der Waals surface area (Å²) in [6, 6.07) is 10.1. The average Bonchev–Trinajstić information content (AvgIpc) is 2.54. The first kappa shape index (κ1) is 7.79. The molecule has 0 bridgehead atoms. The van der Waals surface area contributed by atoms with E-state index in [0.717, 1.165) is 9.39 Å². The van der Waals surface area contributed by atoms with Gasteiger partial charge in [-0.15, -0.1) is 0 Å². The summed E-state index contributed by atoms with van der Waals surface area (Å²) in [6.07, 6.45) is 3.81. The Morgan fingerprint density at radius 1 is 1.17 bits per heavy atom. The monoisotopic (exact) mass is 270 g/mol. The van der Waals surface area contributed by atoms with Gasteiger partial charge in [-0.05, 0) is 34.7 Å². The highest BCUT2D eigenvalue weighted by atomic mass is 127. The van der Waals surface area contributed by atoms with Gasteiger partial charge in [0.15, 0.2) is 0 Å². The van der Waals surface area contributed by atoms with Crippen LogP contribution in [-0.2, 0) is 0 Å². The molecule has 0 radical (unpaired) electrons. The Bertz CT molecular complexity index is 367. The van der Waals surface area contributed by atoms with Crippen LogP contribution >= 0.6 is 22.6 Å². The third-order valence-corrected chi connectivity index (χ3v) is 2.16. The van der Waals surface area contributed by atoms with Crippen molar-refractivity contribution in [2.45, 2.75) is 0 Å². The largest absolute Gasteiger partial charge is 0.305 e. The summed E-state index contributed by atoms with van der Waals surface area (Å²) in [7, 11) is 0. The van der Waals surface area contributed by atoms with Crippen molar-refractivity contribution >= 4 is 22.6 Å². The molecule has 12 heavy (non-hydrogen) atoms. The quantitative estimate of drug-likeness (QED) is 0.728. The maximum Gasteiger partial charge on any atom is 0.119 e. The molecule has 0 saturated heterocycles. The lowest BCUT2D eigenvalue weighted by Gasteiger charge is -1.98. The number of imidazole rings is 1. The molecule has 1 aromatic carbocycles. The van der Waals surface area contributed by atoms with Crippen molar-refractivity contribution in [3.8, 4) is 5.69 Å². The van der Waals surface area contributed by atoms with E-state index in [2.05, 4.69) is 39.7 Å². The van der Waals surface area contributed by atoms with Gasteiger partial charge in [0.25, 0.3) is 0 Å². The van der Waals surface area contributed by atoms with Crippen molar-refractivity contribution in [3.05, 3.63) is 46.6 Å². The van der Waals surface area contributed by atoms with Crippen LogP contribution in [0.2, 0.25) is 0 Å². The van der Waals surface area contributed by atoms with Crippen LogP contribution in [0.1, 0.15) is 0 Å². The van der Waals surface area contributed by atoms with Crippen molar-refractivity contribution < 1.29 is 0 Å². The van der Waals surface area contributed by atoms with Crippen molar-refractivity contribution in [3.63, 3.8) is 0 Å². The molecule has 2 aromatic rings. The second-order valence-electron chi connectivity index (χ2n) is 2.44. The molecular weight excluding hydrogens is 263 g/mol.